The lowest BCUT2D eigenvalue weighted by atomic mass is 9.83. The number of carbonyl (C=O) groups excluding carboxylic acids is 1. The molecule has 1 aliphatic heterocycles. The Bertz CT molecular complexity index is 1330. The Labute approximate surface area is 175 Å². The molecule has 0 bridgehead atoms. The summed E-state index contributed by atoms with van der Waals surface area (Å²) in [6.45, 7) is 0. The number of anilines is 1. The minimum atomic E-state index is -0.453. The molecule has 0 radical (unpaired) electrons. The molecule has 8 nitrogen and oxygen atoms in total. The third-order valence-electron chi connectivity index (χ3n) is 5.36. The summed E-state index contributed by atoms with van der Waals surface area (Å²) in [4.78, 5) is 13.8. The molecule has 0 unspecified atom stereocenters. The fourth-order valence-electron chi connectivity index (χ4n) is 3.90. The van der Waals surface area contributed by atoms with Gasteiger partial charge in [0.2, 0.25) is 11.7 Å². The Morgan fingerprint density at radius 1 is 1.13 bits per heavy atom. The van der Waals surface area contributed by atoms with Gasteiger partial charge in [-0.15, -0.1) is 10.2 Å². The van der Waals surface area contributed by atoms with Crippen LogP contribution in [0, 0.1) is 5.82 Å². The number of methoxy groups -OCH3 is 1. The first-order valence-electron chi connectivity index (χ1n) is 9.50. The largest absolute Gasteiger partial charge is 0.504 e. The molecule has 0 saturated carbocycles. The highest BCUT2D eigenvalue weighted by Gasteiger charge is 2.31. The second kappa shape index (κ2) is 6.98. The van der Waals surface area contributed by atoms with Crippen LogP contribution >= 0.6 is 0 Å². The van der Waals surface area contributed by atoms with Gasteiger partial charge in [0, 0.05) is 23.6 Å². The van der Waals surface area contributed by atoms with Gasteiger partial charge in [-0.2, -0.15) is 4.80 Å². The summed E-state index contributed by atoms with van der Waals surface area (Å²) in [7, 11) is 1.38. The van der Waals surface area contributed by atoms with Crippen LogP contribution in [0.25, 0.3) is 16.7 Å². The van der Waals surface area contributed by atoms with Crippen LogP contribution in [-0.4, -0.2) is 38.2 Å². The number of nitrogens with zero attached hydrogens (tertiary/aromatic N) is 3. The van der Waals surface area contributed by atoms with Gasteiger partial charge in [-0.3, -0.25) is 4.79 Å². The van der Waals surface area contributed by atoms with Crippen molar-refractivity contribution in [1.82, 2.24) is 15.0 Å². The summed E-state index contributed by atoms with van der Waals surface area (Å²) in [6.07, 6.45) is 0.114. The molecule has 0 aliphatic carbocycles. The van der Waals surface area contributed by atoms with Crippen molar-refractivity contribution in [3.05, 3.63) is 65.5 Å². The quantitative estimate of drug-likeness (QED) is 0.438. The molecule has 0 fully saturated rings. The summed E-state index contributed by atoms with van der Waals surface area (Å²) < 4.78 is 18.4. The van der Waals surface area contributed by atoms with Crippen molar-refractivity contribution in [2.45, 2.75) is 12.3 Å². The van der Waals surface area contributed by atoms with E-state index in [2.05, 4.69) is 15.5 Å². The Morgan fingerprint density at radius 2 is 1.90 bits per heavy atom. The Kier molecular flexibility index (Phi) is 4.25. The van der Waals surface area contributed by atoms with Crippen LogP contribution in [0.5, 0.6) is 17.2 Å². The zero-order valence-electron chi connectivity index (χ0n) is 16.3. The predicted molar refractivity (Wildman–Crippen MR) is 110 cm³/mol. The number of phenolic OH excluding ortho intramolecular Hbond substituents is 2. The first kappa shape index (κ1) is 18.9. The molecule has 1 amide bonds. The Balaban J connectivity index is 1.70. The molecule has 5 rings (SSSR count). The first-order chi connectivity index (χ1) is 14.9. The molecule has 156 valence electrons. The molecule has 9 heteroatoms. The number of aromatic nitrogens is 3. The standard InChI is InChI=1S/C22H17FN4O4/c1-31-18-9-11(8-17(28)22(18)30)14-10-19(29)24-15-6-7-16-21(20(14)15)26-27(25-16)13-4-2-12(23)3-5-13/h2-9,14,28,30H,10H2,1H3,(H,24,29)/t14-/m0/s1. The summed E-state index contributed by atoms with van der Waals surface area (Å²) >= 11 is 0. The van der Waals surface area contributed by atoms with E-state index in [1.807, 2.05) is 0 Å². The molecular weight excluding hydrogens is 403 g/mol. The number of carbonyl (C=O) groups is 1. The van der Waals surface area contributed by atoms with Crippen LogP contribution in [0.2, 0.25) is 0 Å². The van der Waals surface area contributed by atoms with Gasteiger partial charge in [-0.05, 0) is 54.1 Å². The summed E-state index contributed by atoms with van der Waals surface area (Å²) in [5, 5.41) is 32.1. The number of ether oxygens (including phenoxy) is 1. The zero-order chi connectivity index (χ0) is 21.7. The fraction of sp³-hybridized carbons (Fsp3) is 0.136. The predicted octanol–water partition coefficient (Wildman–Crippen LogP) is 3.45. The van der Waals surface area contributed by atoms with Gasteiger partial charge < -0.3 is 20.3 Å². The van der Waals surface area contributed by atoms with Crippen molar-refractivity contribution < 1.29 is 24.1 Å². The highest BCUT2D eigenvalue weighted by atomic mass is 19.1. The Hall–Kier alpha value is -4.14. The van der Waals surface area contributed by atoms with Crippen molar-refractivity contribution in [2.24, 2.45) is 0 Å². The molecule has 0 spiro atoms. The van der Waals surface area contributed by atoms with E-state index in [4.69, 9.17) is 4.74 Å². The maximum absolute atomic E-state index is 13.3. The number of benzene rings is 3. The van der Waals surface area contributed by atoms with Gasteiger partial charge in [0.05, 0.1) is 12.8 Å². The highest BCUT2D eigenvalue weighted by molar-refractivity contribution is 6.00. The monoisotopic (exact) mass is 420 g/mol. The van der Waals surface area contributed by atoms with Gasteiger partial charge in [-0.25, -0.2) is 4.39 Å². The van der Waals surface area contributed by atoms with Crippen LogP contribution in [0.1, 0.15) is 23.5 Å². The second-order valence-electron chi connectivity index (χ2n) is 7.26. The normalized spacial score (nSPS) is 15.5. The summed E-state index contributed by atoms with van der Waals surface area (Å²) in [5.74, 6) is -1.61. The van der Waals surface area contributed by atoms with E-state index < -0.39 is 5.92 Å². The Morgan fingerprint density at radius 3 is 2.65 bits per heavy atom. The van der Waals surface area contributed by atoms with E-state index in [1.165, 1.54) is 30.1 Å². The lowest BCUT2D eigenvalue weighted by Crippen LogP contribution is -2.23. The van der Waals surface area contributed by atoms with Gasteiger partial charge >= 0.3 is 0 Å². The van der Waals surface area contributed by atoms with E-state index in [9.17, 15) is 19.4 Å². The topological polar surface area (TPSA) is 110 Å². The van der Waals surface area contributed by atoms with E-state index >= 15 is 0 Å². The number of hydrogen-bond donors (Lipinski definition) is 3. The smallest absolute Gasteiger partial charge is 0.225 e. The van der Waals surface area contributed by atoms with Crippen LogP contribution in [0.15, 0.2) is 48.5 Å². The van der Waals surface area contributed by atoms with E-state index in [-0.39, 0.29) is 35.4 Å². The average Bonchev–Trinajstić information content (AvgIpc) is 3.19. The van der Waals surface area contributed by atoms with E-state index in [1.54, 1.807) is 30.3 Å². The van der Waals surface area contributed by atoms with Crippen LogP contribution < -0.4 is 10.1 Å². The number of amides is 1. The molecule has 3 N–H and O–H groups in total. The average molecular weight is 420 g/mol. The molecule has 3 aromatic carbocycles. The molecule has 4 aromatic rings. The molecule has 0 saturated heterocycles. The highest BCUT2D eigenvalue weighted by Crippen LogP contribution is 2.45. The maximum atomic E-state index is 13.3. The summed E-state index contributed by atoms with van der Waals surface area (Å²) in [6, 6.07) is 12.3. The molecule has 1 atom stereocenters. The number of nitrogens with one attached hydrogen (secondary N) is 1. The minimum absolute atomic E-state index is 0.102. The van der Waals surface area contributed by atoms with Crippen molar-refractivity contribution in [1.29, 1.82) is 0 Å². The fourth-order valence-corrected chi connectivity index (χ4v) is 3.90. The van der Waals surface area contributed by atoms with Gasteiger partial charge in [-0.1, -0.05) is 0 Å². The van der Waals surface area contributed by atoms with Gasteiger partial charge in [0.15, 0.2) is 11.5 Å². The van der Waals surface area contributed by atoms with Crippen molar-refractivity contribution >= 4 is 22.6 Å². The number of hydrogen-bond acceptors (Lipinski definition) is 6. The molecular formula is C22H17FN4O4. The van der Waals surface area contributed by atoms with E-state index in [0.717, 1.165) is 5.56 Å². The molecule has 31 heavy (non-hydrogen) atoms. The van der Waals surface area contributed by atoms with Crippen LogP contribution in [0.3, 0.4) is 0 Å². The minimum Gasteiger partial charge on any atom is -0.504 e. The van der Waals surface area contributed by atoms with Crippen molar-refractivity contribution in [3.63, 3.8) is 0 Å². The lowest BCUT2D eigenvalue weighted by molar-refractivity contribution is -0.116. The number of rotatable bonds is 3. The first-order valence-corrected chi connectivity index (χ1v) is 9.50. The summed E-state index contributed by atoms with van der Waals surface area (Å²) in [5.41, 5.74) is 3.67. The second-order valence-corrected chi connectivity index (χ2v) is 7.26. The third kappa shape index (κ3) is 3.10. The zero-order valence-corrected chi connectivity index (χ0v) is 16.3. The number of halogens is 1. The van der Waals surface area contributed by atoms with Gasteiger partial charge in [0.1, 0.15) is 16.9 Å². The molecule has 1 aliphatic rings. The van der Waals surface area contributed by atoms with Crippen molar-refractivity contribution in [3.8, 4) is 22.9 Å². The third-order valence-corrected chi connectivity index (χ3v) is 5.36. The number of aromatic hydroxyl groups is 2. The maximum Gasteiger partial charge on any atom is 0.225 e. The van der Waals surface area contributed by atoms with Crippen molar-refractivity contribution in [2.75, 3.05) is 12.4 Å². The SMILES string of the molecule is COc1cc([C@@H]2CC(=O)Nc3ccc4nn(-c5ccc(F)cc5)nc4c32)cc(O)c1O. The number of phenols is 2. The molecule has 1 aromatic heterocycles. The van der Waals surface area contributed by atoms with E-state index in [0.29, 0.717) is 28.0 Å². The lowest BCUT2D eigenvalue weighted by Gasteiger charge is -2.26. The van der Waals surface area contributed by atoms with Crippen LogP contribution in [0.4, 0.5) is 10.1 Å². The molecule has 2 heterocycles. The number of fused-ring (bicyclic) bond motifs is 3. The van der Waals surface area contributed by atoms with Gasteiger partial charge in [0.25, 0.3) is 0 Å². The van der Waals surface area contributed by atoms with Crippen LogP contribution in [-0.2, 0) is 4.79 Å².